The van der Waals surface area contributed by atoms with Crippen LogP contribution in [0.4, 0.5) is 10.1 Å². The number of halogens is 2. The Bertz CT molecular complexity index is 716. The fourth-order valence-corrected chi connectivity index (χ4v) is 4.79. The minimum Gasteiger partial charge on any atom is -0.330 e. The number of rotatable bonds is 5. The first-order valence-electron chi connectivity index (χ1n) is 5.69. The van der Waals surface area contributed by atoms with E-state index < -0.39 is 15.8 Å². The van der Waals surface area contributed by atoms with Crippen LogP contribution in [0.15, 0.2) is 34.5 Å². The molecule has 0 aliphatic carbocycles. The average molecular weight is 426 g/mol. The van der Waals surface area contributed by atoms with Crippen LogP contribution in [-0.2, 0) is 16.4 Å². The van der Waals surface area contributed by atoms with Crippen LogP contribution >= 0.6 is 33.9 Å². The summed E-state index contributed by atoms with van der Waals surface area (Å²) in [5.74, 6) is -0.404. The van der Waals surface area contributed by atoms with Crippen LogP contribution in [0.1, 0.15) is 4.88 Å². The van der Waals surface area contributed by atoms with E-state index in [1.165, 1.54) is 29.5 Å². The fraction of sp³-hybridized carbons (Fsp3) is 0.167. The van der Waals surface area contributed by atoms with E-state index in [-0.39, 0.29) is 4.21 Å². The summed E-state index contributed by atoms with van der Waals surface area (Å²) in [6, 6.07) is 7.19. The zero-order valence-corrected chi connectivity index (χ0v) is 14.1. The molecule has 0 unspecified atom stereocenters. The van der Waals surface area contributed by atoms with Crippen molar-refractivity contribution in [3.8, 4) is 0 Å². The molecule has 0 fully saturated rings. The van der Waals surface area contributed by atoms with Gasteiger partial charge in [0.2, 0.25) is 0 Å². The van der Waals surface area contributed by atoms with Crippen molar-refractivity contribution in [1.82, 2.24) is 0 Å². The maximum atomic E-state index is 13.0. The zero-order valence-electron chi connectivity index (χ0n) is 10.3. The number of benzene rings is 1. The van der Waals surface area contributed by atoms with E-state index in [2.05, 4.69) is 4.72 Å². The average Bonchev–Trinajstić information content (AvgIpc) is 2.83. The Balaban J connectivity index is 2.26. The van der Waals surface area contributed by atoms with Gasteiger partial charge in [-0.1, -0.05) is 0 Å². The molecule has 2 rings (SSSR count). The first kappa shape index (κ1) is 15.7. The van der Waals surface area contributed by atoms with E-state index in [1.807, 2.05) is 22.6 Å². The van der Waals surface area contributed by atoms with Crippen LogP contribution in [-0.4, -0.2) is 15.0 Å². The maximum absolute atomic E-state index is 13.0. The largest absolute Gasteiger partial charge is 0.330 e. The second-order valence-corrected chi connectivity index (χ2v) is 8.23. The van der Waals surface area contributed by atoms with Crippen molar-refractivity contribution in [3.05, 3.63) is 44.6 Å². The fourth-order valence-electron chi connectivity index (χ4n) is 1.55. The SMILES string of the molecule is NCCc1ccc(S(=O)(=O)Nc2ccc(F)cc2I)s1. The Morgan fingerprint density at radius 2 is 2.05 bits per heavy atom. The molecule has 0 saturated carbocycles. The normalized spacial score (nSPS) is 11.6. The van der Waals surface area contributed by atoms with Gasteiger partial charge in [-0.25, -0.2) is 12.8 Å². The van der Waals surface area contributed by atoms with E-state index in [9.17, 15) is 12.8 Å². The summed E-state index contributed by atoms with van der Waals surface area (Å²) in [7, 11) is -3.65. The summed E-state index contributed by atoms with van der Waals surface area (Å²) in [5.41, 5.74) is 5.80. The van der Waals surface area contributed by atoms with Gasteiger partial charge in [0, 0.05) is 8.45 Å². The van der Waals surface area contributed by atoms with Crippen molar-refractivity contribution >= 4 is 49.6 Å². The summed E-state index contributed by atoms with van der Waals surface area (Å²) in [4.78, 5) is 0.918. The number of hydrogen-bond acceptors (Lipinski definition) is 4. The Labute approximate surface area is 134 Å². The van der Waals surface area contributed by atoms with Crippen molar-refractivity contribution in [3.63, 3.8) is 0 Å². The molecule has 0 aliphatic rings. The van der Waals surface area contributed by atoms with Gasteiger partial charge < -0.3 is 5.73 Å². The molecular formula is C12H12FIN2O2S2. The van der Waals surface area contributed by atoms with Crippen molar-refractivity contribution in [2.24, 2.45) is 5.73 Å². The van der Waals surface area contributed by atoms with Crippen molar-refractivity contribution in [1.29, 1.82) is 0 Å². The number of hydrogen-bond donors (Lipinski definition) is 2. The van der Waals surface area contributed by atoms with Gasteiger partial charge in [0.05, 0.1) is 5.69 Å². The molecule has 4 nitrogen and oxygen atoms in total. The van der Waals surface area contributed by atoms with E-state index in [0.717, 1.165) is 4.88 Å². The highest BCUT2D eigenvalue weighted by molar-refractivity contribution is 14.1. The molecule has 0 aliphatic heterocycles. The third kappa shape index (κ3) is 3.68. The lowest BCUT2D eigenvalue weighted by Gasteiger charge is -2.08. The van der Waals surface area contributed by atoms with Crippen molar-refractivity contribution in [2.75, 3.05) is 11.3 Å². The number of nitrogens with two attached hydrogens (primary N) is 1. The number of anilines is 1. The molecule has 0 amide bonds. The van der Waals surface area contributed by atoms with Gasteiger partial charge in [0.25, 0.3) is 10.0 Å². The molecule has 1 heterocycles. The molecule has 1 aromatic heterocycles. The van der Waals surface area contributed by atoms with Gasteiger partial charge in [-0.15, -0.1) is 11.3 Å². The van der Waals surface area contributed by atoms with Crippen molar-refractivity contribution < 1.29 is 12.8 Å². The monoisotopic (exact) mass is 426 g/mol. The van der Waals surface area contributed by atoms with Gasteiger partial charge in [0.15, 0.2) is 0 Å². The molecule has 0 bridgehead atoms. The number of sulfonamides is 1. The predicted octanol–water partition coefficient (Wildman–Crippen LogP) is 2.79. The first-order valence-corrected chi connectivity index (χ1v) is 9.07. The quantitative estimate of drug-likeness (QED) is 0.723. The van der Waals surface area contributed by atoms with Crippen LogP contribution in [0.25, 0.3) is 0 Å². The standard InChI is InChI=1S/C12H12FIN2O2S2/c13-8-1-3-11(10(14)7-8)16-20(17,18)12-4-2-9(19-12)5-6-15/h1-4,7,16H,5-6,15H2. The van der Waals surface area contributed by atoms with Gasteiger partial charge >= 0.3 is 0 Å². The second kappa shape index (κ2) is 6.37. The van der Waals surface area contributed by atoms with E-state index >= 15 is 0 Å². The van der Waals surface area contributed by atoms with Crippen LogP contribution in [0.2, 0.25) is 0 Å². The lowest BCUT2D eigenvalue weighted by Crippen LogP contribution is -2.12. The summed E-state index contributed by atoms with van der Waals surface area (Å²) in [6.07, 6.45) is 0.647. The molecule has 0 saturated heterocycles. The molecule has 0 atom stereocenters. The van der Waals surface area contributed by atoms with Gasteiger partial charge in [-0.2, -0.15) is 0 Å². The summed E-state index contributed by atoms with van der Waals surface area (Å²) in [5, 5.41) is 0. The van der Waals surface area contributed by atoms with Crippen LogP contribution in [0.3, 0.4) is 0 Å². The molecule has 1 aromatic carbocycles. The lowest BCUT2D eigenvalue weighted by molar-refractivity contribution is 0.603. The van der Waals surface area contributed by atoms with E-state index in [1.54, 1.807) is 12.1 Å². The molecule has 3 N–H and O–H groups in total. The van der Waals surface area contributed by atoms with E-state index in [4.69, 9.17) is 5.73 Å². The van der Waals surface area contributed by atoms with Gasteiger partial charge in [0.1, 0.15) is 10.0 Å². The Hall–Kier alpha value is -0.710. The molecular weight excluding hydrogens is 414 g/mol. The highest BCUT2D eigenvalue weighted by atomic mass is 127. The molecule has 20 heavy (non-hydrogen) atoms. The smallest absolute Gasteiger partial charge is 0.271 e. The third-order valence-corrected chi connectivity index (χ3v) is 6.36. The number of thiophene rings is 1. The lowest BCUT2D eigenvalue weighted by atomic mass is 10.3. The second-order valence-electron chi connectivity index (χ2n) is 3.99. The Morgan fingerprint density at radius 1 is 1.30 bits per heavy atom. The molecule has 0 radical (unpaired) electrons. The third-order valence-electron chi connectivity index (χ3n) is 2.47. The highest BCUT2D eigenvalue weighted by Gasteiger charge is 2.18. The number of nitrogens with one attached hydrogen (secondary N) is 1. The highest BCUT2D eigenvalue weighted by Crippen LogP contribution is 2.26. The molecule has 108 valence electrons. The minimum absolute atomic E-state index is 0.223. The maximum Gasteiger partial charge on any atom is 0.271 e. The molecule has 0 spiro atoms. The summed E-state index contributed by atoms with van der Waals surface area (Å²) >= 11 is 3.07. The minimum atomic E-state index is -3.65. The van der Waals surface area contributed by atoms with Gasteiger partial charge in [-0.3, -0.25) is 4.72 Å². The Morgan fingerprint density at radius 3 is 2.70 bits per heavy atom. The van der Waals surface area contributed by atoms with Crippen LogP contribution in [0, 0.1) is 9.39 Å². The summed E-state index contributed by atoms with van der Waals surface area (Å²) in [6.45, 7) is 0.475. The van der Waals surface area contributed by atoms with Crippen LogP contribution < -0.4 is 10.5 Å². The van der Waals surface area contributed by atoms with Crippen LogP contribution in [0.5, 0.6) is 0 Å². The zero-order chi connectivity index (χ0) is 14.8. The topological polar surface area (TPSA) is 72.2 Å². The molecule has 8 heteroatoms. The van der Waals surface area contributed by atoms with Crippen molar-refractivity contribution in [2.45, 2.75) is 10.6 Å². The summed E-state index contributed by atoms with van der Waals surface area (Å²) < 4.78 is 40.6. The van der Waals surface area contributed by atoms with E-state index in [0.29, 0.717) is 22.2 Å². The first-order chi connectivity index (χ1) is 9.42. The molecule has 2 aromatic rings. The van der Waals surface area contributed by atoms with Gasteiger partial charge in [-0.05, 0) is 65.9 Å². The Kier molecular flexibility index (Phi) is 4.99. The predicted molar refractivity (Wildman–Crippen MR) is 87.0 cm³/mol.